The van der Waals surface area contributed by atoms with E-state index in [0.717, 1.165) is 25.7 Å². The molecule has 3 heterocycles. The zero-order valence-electron chi connectivity index (χ0n) is 17.1. The van der Waals surface area contributed by atoms with Gasteiger partial charge >= 0.3 is 0 Å². The molecule has 2 fully saturated rings. The van der Waals surface area contributed by atoms with Crippen molar-refractivity contribution in [3.05, 3.63) is 41.6 Å². The minimum Gasteiger partial charge on any atom is -0.339 e. The molecule has 30 heavy (non-hydrogen) atoms. The van der Waals surface area contributed by atoms with E-state index in [2.05, 4.69) is 15.1 Å². The van der Waals surface area contributed by atoms with Crippen molar-refractivity contribution < 1.29 is 18.5 Å². The van der Waals surface area contributed by atoms with Crippen molar-refractivity contribution in [2.75, 3.05) is 19.6 Å². The molecule has 1 aliphatic heterocycles. The number of pyridine rings is 1. The van der Waals surface area contributed by atoms with E-state index in [0.29, 0.717) is 43.7 Å². The Bertz CT molecular complexity index is 914. The monoisotopic (exact) mass is 415 g/mol. The Kier molecular flexibility index (Phi) is 6.06. The molecule has 0 bridgehead atoms. The minimum absolute atomic E-state index is 0.0685. The third kappa shape index (κ3) is 4.34. The summed E-state index contributed by atoms with van der Waals surface area (Å²) in [6.45, 7) is 2.85. The fourth-order valence-electron chi connectivity index (χ4n) is 4.09. The second-order valence-corrected chi connectivity index (χ2v) is 8.02. The van der Waals surface area contributed by atoms with E-state index in [4.69, 9.17) is 4.52 Å². The summed E-state index contributed by atoms with van der Waals surface area (Å²) in [5.41, 5.74) is -0.178. The van der Waals surface area contributed by atoms with Gasteiger partial charge in [-0.3, -0.25) is 9.59 Å². The molecule has 4 rings (SSSR count). The molecule has 0 aromatic carbocycles. The standard InChI is InChI=1S/C21H26FN5O3/c1-14(28)27(12-9-18-24-20(30-25-18)15-5-2-6-15)16-7-4-11-26(13-16)21(29)19-17(22)8-3-10-23-19/h3,8,10,15-16H,2,4-7,9,11-13H2,1H3. The quantitative estimate of drug-likeness (QED) is 0.720. The van der Waals surface area contributed by atoms with Gasteiger partial charge in [0.15, 0.2) is 17.3 Å². The lowest BCUT2D eigenvalue weighted by atomic mass is 9.85. The summed E-state index contributed by atoms with van der Waals surface area (Å²) in [5.74, 6) is 0.526. The van der Waals surface area contributed by atoms with Crippen LogP contribution in [0.4, 0.5) is 4.39 Å². The topological polar surface area (TPSA) is 92.4 Å². The predicted octanol–water partition coefficient (Wildman–Crippen LogP) is 2.57. The maximum Gasteiger partial charge on any atom is 0.275 e. The van der Waals surface area contributed by atoms with Gasteiger partial charge in [0, 0.05) is 51.1 Å². The molecule has 1 saturated carbocycles. The predicted molar refractivity (Wildman–Crippen MR) is 105 cm³/mol. The Labute approximate surface area is 174 Å². The Morgan fingerprint density at radius 2 is 2.13 bits per heavy atom. The van der Waals surface area contributed by atoms with Crippen LogP contribution < -0.4 is 0 Å². The van der Waals surface area contributed by atoms with Gasteiger partial charge in [-0.25, -0.2) is 9.37 Å². The summed E-state index contributed by atoms with van der Waals surface area (Å²) in [4.78, 5) is 36.7. The average molecular weight is 415 g/mol. The van der Waals surface area contributed by atoms with E-state index in [-0.39, 0.29) is 17.6 Å². The van der Waals surface area contributed by atoms with Crippen LogP contribution in [-0.4, -0.2) is 62.4 Å². The van der Waals surface area contributed by atoms with Gasteiger partial charge in [0.1, 0.15) is 0 Å². The third-order valence-electron chi connectivity index (χ3n) is 6.00. The first-order valence-electron chi connectivity index (χ1n) is 10.5. The van der Waals surface area contributed by atoms with Crippen LogP contribution in [0.1, 0.15) is 67.1 Å². The molecule has 1 unspecified atom stereocenters. The summed E-state index contributed by atoms with van der Waals surface area (Å²) in [6.07, 6.45) is 6.79. The molecule has 8 nitrogen and oxygen atoms in total. The summed E-state index contributed by atoms with van der Waals surface area (Å²) >= 11 is 0. The molecule has 160 valence electrons. The normalized spacial score (nSPS) is 19.4. The minimum atomic E-state index is -0.632. The van der Waals surface area contributed by atoms with Crippen LogP contribution >= 0.6 is 0 Å². The van der Waals surface area contributed by atoms with Crippen molar-refractivity contribution in [1.82, 2.24) is 24.9 Å². The lowest BCUT2D eigenvalue weighted by Crippen LogP contribution is -2.52. The molecule has 0 N–H and O–H groups in total. The van der Waals surface area contributed by atoms with Gasteiger partial charge in [0.2, 0.25) is 11.8 Å². The van der Waals surface area contributed by atoms with Crippen molar-refractivity contribution in [3.63, 3.8) is 0 Å². The van der Waals surface area contributed by atoms with E-state index in [1.807, 2.05) is 0 Å². The van der Waals surface area contributed by atoms with Crippen LogP contribution in [0.25, 0.3) is 0 Å². The van der Waals surface area contributed by atoms with E-state index in [9.17, 15) is 14.0 Å². The summed E-state index contributed by atoms with van der Waals surface area (Å²) in [6, 6.07) is 2.55. The van der Waals surface area contributed by atoms with Crippen molar-refractivity contribution in [1.29, 1.82) is 0 Å². The Hall–Kier alpha value is -2.84. The number of carbonyl (C=O) groups excluding carboxylic acids is 2. The number of hydrogen-bond donors (Lipinski definition) is 0. The first kappa shape index (κ1) is 20.4. The Morgan fingerprint density at radius 1 is 1.30 bits per heavy atom. The van der Waals surface area contributed by atoms with Gasteiger partial charge in [-0.1, -0.05) is 11.6 Å². The van der Waals surface area contributed by atoms with Crippen LogP contribution in [0.2, 0.25) is 0 Å². The van der Waals surface area contributed by atoms with E-state index in [1.54, 1.807) is 9.80 Å². The van der Waals surface area contributed by atoms with Crippen molar-refractivity contribution in [2.45, 2.75) is 57.4 Å². The Balaban J connectivity index is 1.39. The highest BCUT2D eigenvalue weighted by Crippen LogP contribution is 2.35. The number of carbonyl (C=O) groups is 2. The van der Waals surface area contributed by atoms with Gasteiger partial charge in [0.05, 0.1) is 0 Å². The lowest BCUT2D eigenvalue weighted by Gasteiger charge is -2.39. The fourth-order valence-corrected chi connectivity index (χ4v) is 4.09. The number of amides is 2. The van der Waals surface area contributed by atoms with Gasteiger partial charge in [-0.2, -0.15) is 4.98 Å². The molecule has 1 saturated heterocycles. The number of rotatable bonds is 6. The third-order valence-corrected chi connectivity index (χ3v) is 6.00. The van der Waals surface area contributed by atoms with Crippen LogP contribution in [0.5, 0.6) is 0 Å². The molecule has 0 spiro atoms. The first-order chi connectivity index (χ1) is 14.5. The molecule has 2 aromatic heterocycles. The van der Waals surface area contributed by atoms with Gasteiger partial charge in [0.25, 0.3) is 5.91 Å². The van der Waals surface area contributed by atoms with E-state index >= 15 is 0 Å². The lowest BCUT2D eigenvalue weighted by molar-refractivity contribution is -0.132. The maximum absolute atomic E-state index is 14.0. The second-order valence-electron chi connectivity index (χ2n) is 8.02. The zero-order chi connectivity index (χ0) is 21.1. The average Bonchev–Trinajstić information content (AvgIpc) is 3.15. The molecule has 1 aliphatic carbocycles. The van der Waals surface area contributed by atoms with Crippen molar-refractivity contribution in [2.24, 2.45) is 0 Å². The molecular weight excluding hydrogens is 389 g/mol. The second kappa shape index (κ2) is 8.89. The summed E-state index contributed by atoms with van der Waals surface area (Å²) in [5, 5.41) is 4.05. The maximum atomic E-state index is 14.0. The molecule has 2 aliphatic rings. The summed E-state index contributed by atoms with van der Waals surface area (Å²) < 4.78 is 19.3. The van der Waals surface area contributed by atoms with Gasteiger partial charge < -0.3 is 14.3 Å². The number of likely N-dealkylation sites (tertiary alicyclic amines) is 1. The van der Waals surface area contributed by atoms with Crippen LogP contribution in [0.15, 0.2) is 22.9 Å². The molecular formula is C21H26FN5O3. The number of halogens is 1. The molecule has 2 amide bonds. The van der Waals surface area contributed by atoms with Gasteiger partial charge in [-0.05, 0) is 37.8 Å². The SMILES string of the molecule is CC(=O)N(CCc1noc(C2CCC2)n1)C1CCCN(C(=O)c2ncccc2F)C1. The van der Waals surface area contributed by atoms with E-state index < -0.39 is 11.7 Å². The number of piperidine rings is 1. The zero-order valence-corrected chi connectivity index (χ0v) is 17.1. The van der Waals surface area contributed by atoms with E-state index in [1.165, 1.54) is 31.7 Å². The first-order valence-corrected chi connectivity index (χ1v) is 10.5. The smallest absolute Gasteiger partial charge is 0.275 e. The fraction of sp³-hybridized carbons (Fsp3) is 0.571. The van der Waals surface area contributed by atoms with Crippen LogP contribution in [0.3, 0.4) is 0 Å². The highest BCUT2D eigenvalue weighted by molar-refractivity contribution is 5.92. The number of hydrogen-bond acceptors (Lipinski definition) is 6. The summed E-state index contributed by atoms with van der Waals surface area (Å²) in [7, 11) is 0. The molecule has 2 aromatic rings. The Morgan fingerprint density at radius 3 is 2.83 bits per heavy atom. The van der Waals surface area contributed by atoms with Crippen LogP contribution in [0, 0.1) is 5.82 Å². The number of aromatic nitrogens is 3. The highest BCUT2D eigenvalue weighted by atomic mass is 19.1. The molecule has 9 heteroatoms. The van der Waals surface area contributed by atoms with Gasteiger partial charge in [-0.15, -0.1) is 0 Å². The van der Waals surface area contributed by atoms with Crippen molar-refractivity contribution >= 4 is 11.8 Å². The van der Waals surface area contributed by atoms with Crippen LogP contribution in [-0.2, 0) is 11.2 Å². The number of nitrogens with zero attached hydrogens (tertiary/aromatic N) is 5. The largest absolute Gasteiger partial charge is 0.339 e. The molecule has 1 atom stereocenters. The highest BCUT2D eigenvalue weighted by Gasteiger charge is 2.31. The van der Waals surface area contributed by atoms with Crippen molar-refractivity contribution in [3.8, 4) is 0 Å². The molecule has 0 radical (unpaired) electrons.